The minimum atomic E-state index is -4.74. The molecule has 0 unspecified atom stereocenters. The maximum Gasteiger partial charge on any atom is 0.573 e. The first kappa shape index (κ1) is 19.5. The Balaban J connectivity index is 1.58. The van der Waals surface area contributed by atoms with Crippen LogP contribution in [-0.2, 0) is 4.84 Å². The Morgan fingerprint density at radius 2 is 1.93 bits per heavy atom. The molecule has 0 fully saturated rings. The molecule has 142 valence electrons. The number of oxime groups is 1. The van der Waals surface area contributed by atoms with E-state index >= 15 is 0 Å². The molecule has 2 aromatic carbocycles. The van der Waals surface area contributed by atoms with Gasteiger partial charge in [0.05, 0.1) is 26.5 Å². The van der Waals surface area contributed by atoms with E-state index in [2.05, 4.69) is 20.2 Å². The molecule has 0 spiro atoms. The Labute approximate surface area is 165 Å². The van der Waals surface area contributed by atoms with Gasteiger partial charge in [-0.25, -0.2) is 4.98 Å². The van der Waals surface area contributed by atoms with Gasteiger partial charge in [-0.15, -0.1) is 13.2 Å². The summed E-state index contributed by atoms with van der Waals surface area (Å²) in [4.78, 5) is 9.30. The average Bonchev–Trinajstić information content (AvgIpc) is 2.97. The first-order valence-electron chi connectivity index (χ1n) is 7.31. The number of aromatic nitrogens is 1. The predicted octanol–water partition coefficient (Wildman–Crippen LogP) is 5.92. The first-order chi connectivity index (χ1) is 12.8. The lowest BCUT2D eigenvalue weighted by molar-refractivity contribution is -0.274. The number of hydrogen-bond acceptors (Lipinski definition) is 6. The molecule has 0 saturated heterocycles. The molecule has 11 heteroatoms. The fourth-order valence-corrected chi connectivity index (χ4v) is 3.40. The third-order valence-corrected chi connectivity index (χ3v) is 4.77. The van der Waals surface area contributed by atoms with Crippen LogP contribution in [0.15, 0.2) is 41.6 Å². The van der Waals surface area contributed by atoms with Crippen molar-refractivity contribution in [2.24, 2.45) is 5.16 Å². The van der Waals surface area contributed by atoms with Gasteiger partial charge in [0.25, 0.3) is 0 Å². The van der Waals surface area contributed by atoms with Crippen LogP contribution < -0.4 is 10.1 Å². The monoisotopic (exact) mass is 435 g/mol. The van der Waals surface area contributed by atoms with Crippen molar-refractivity contribution in [2.45, 2.75) is 6.36 Å². The van der Waals surface area contributed by atoms with Gasteiger partial charge in [-0.1, -0.05) is 45.8 Å². The Hall–Kier alpha value is -2.23. The van der Waals surface area contributed by atoms with Gasteiger partial charge in [-0.05, 0) is 24.3 Å². The van der Waals surface area contributed by atoms with Crippen molar-refractivity contribution in [3.63, 3.8) is 0 Å². The Bertz CT molecular complexity index is 959. The predicted molar refractivity (Wildman–Crippen MR) is 99.9 cm³/mol. The van der Waals surface area contributed by atoms with Gasteiger partial charge in [0.2, 0.25) is 0 Å². The van der Waals surface area contributed by atoms with Crippen molar-refractivity contribution in [1.82, 2.24) is 4.98 Å². The number of rotatable bonds is 6. The van der Waals surface area contributed by atoms with Gasteiger partial charge in [0.15, 0.2) is 11.9 Å². The number of halogens is 5. The fraction of sp³-hybridized carbons (Fsp3) is 0.125. The second-order valence-corrected chi connectivity index (χ2v) is 6.86. The summed E-state index contributed by atoms with van der Waals surface area (Å²) in [5, 5.41) is 7.95. The van der Waals surface area contributed by atoms with E-state index in [1.54, 1.807) is 18.2 Å². The van der Waals surface area contributed by atoms with Gasteiger partial charge < -0.3 is 14.9 Å². The van der Waals surface area contributed by atoms with Crippen molar-refractivity contribution < 1.29 is 22.7 Å². The fourth-order valence-electron chi connectivity index (χ4n) is 2.03. The van der Waals surface area contributed by atoms with Crippen LogP contribution in [0.1, 0.15) is 5.56 Å². The van der Waals surface area contributed by atoms with E-state index in [0.717, 1.165) is 11.3 Å². The lowest BCUT2D eigenvalue weighted by Gasteiger charge is -2.07. The molecule has 5 nitrogen and oxygen atoms in total. The molecule has 0 bridgehead atoms. The summed E-state index contributed by atoms with van der Waals surface area (Å²) in [5.41, 5.74) is 1.06. The number of alkyl halides is 3. The smallest absolute Gasteiger partial charge is 0.406 e. The van der Waals surface area contributed by atoms with Crippen molar-refractivity contribution in [1.29, 1.82) is 0 Å². The zero-order chi connectivity index (χ0) is 19.4. The molecule has 0 amide bonds. The van der Waals surface area contributed by atoms with Gasteiger partial charge in [-0.2, -0.15) is 0 Å². The van der Waals surface area contributed by atoms with Crippen molar-refractivity contribution in [3.05, 3.63) is 52.0 Å². The summed E-state index contributed by atoms with van der Waals surface area (Å²) in [6, 6.07) is 8.96. The van der Waals surface area contributed by atoms with Crippen LogP contribution in [0.25, 0.3) is 10.2 Å². The van der Waals surface area contributed by atoms with E-state index in [-0.39, 0.29) is 12.5 Å². The van der Waals surface area contributed by atoms with Gasteiger partial charge in [0, 0.05) is 11.6 Å². The molecular formula is C16H10Cl2F3N3O2S. The van der Waals surface area contributed by atoms with Gasteiger partial charge in [0.1, 0.15) is 5.75 Å². The summed E-state index contributed by atoms with van der Waals surface area (Å²) in [6.07, 6.45) is -3.36. The highest BCUT2D eigenvalue weighted by atomic mass is 35.5. The quantitative estimate of drug-likeness (QED) is 0.226. The maximum atomic E-state index is 12.3. The van der Waals surface area contributed by atoms with E-state index in [4.69, 9.17) is 28.0 Å². The summed E-state index contributed by atoms with van der Waals surface area (Å²) < 4.78 is 41.2. The number of nitrogens with zero attached hydrogens (tertiary/aromatic N) is 2. The van der Waals surface area contributed by atoms with E-state index in [9.17, 15) is 13.2 Å². The number of thiazole rings is 1. The summed E-state index contributed by atoms with van der Waals surface area (Å²) in [6.45, 7) is -0.00962. The summed E-state index contributed by atoms with van der Waals surface area (Å²) in [7, 11) is 0. The average molecular weight is 436 g/mol. The van der Waals surface area contributed by atoms with E-state index in [1.165, 1.54) is 24.4 Å². The van der Waals surface area contributed by atoms with Crippen LogP contribution in [0.3, 0.4) is 0 Å². The van der Waals surface area contributed by atoms with Crippen molar-refractivity contribution >= 4 is 56.1 Å². The number of anilines is 1. The van der Waals surface area contributed by atoms with E-state index in [1.807, 2.05) is 0 Å². The highest BCUT2D eigenvalue weighted by Gasteiger charge is 2.31. The number of nitrogens with one attached hydrogen (secondary N) is 1. The van der Waals surface area contributed by atoms with E-state index in [0.29, 0.717) is 31.0 Å². The Morgan fingerprint density at radius 3 is 2.63 bits per heavy atom. The SMILES string of the molecule is FC(F)(F)Oc1ccc2nc(NCO/N=C/c3c(Cl)cccc3Cl)sc2c1. The van der Waals surface area contributed by atoms with Crippen molar-refractivity contribution in [3.8, 4) is 5.75 Å². The molecule has 3 rings (SSSR count). The molecule has 0 radical (unpaired) electrons. The Morgan fingerprint density at radius 1 is 1.19 bits per heavy atom. The van der Waals surface area contributed by atoms with Crippen molar-refractivity contribution in [2.75, 3.05) is 12.0 Å². The minimum absolute atomic E-state index is 0.00962. The molecule has 0 aliphatic rings. The summed E-state index contributed by atoms with van der Waals surface area (Å²) >= 11 is 13.2. The van der Waals surface area contributed by atoms with Crippen LogP contribution in [-0.4, -0.2) is 24.3 Å². The number of benzene rings is 2. The standard InChI is InChI=1S/C16H10Cl2F3N3O2S/c17-11-2-1-3-12(18)10(11)7-23-25-8-22-15-24-13-5-4-9(6-14(13)27-15)26-16(19,20)21/h1-7H,8H2,(H,22,24)/b23-7+. The molecule has 0 aliphatic carbocycles. The molecule has 1 heterocycles. The molecule has 0 atom stereocenters. The van der Waals surface area contributed by atoms with E-state index < -0.39 is 6.36 Å². The minimum Gasteiger partial charge on any atom is -0.406 e. The maximum absolute atomic E-state index is 12.3. The van der Waals surface area contributed by atoms with Crippen LogP contribution in [0.4, 0.5) is 18.3 Å². The molecule has 3 aromatic rings. The number of ether oxygens (including phenoxy) is 1. The Kier molecular flexibility index (Phi) is 5.93. The number of hydrogen-bond donors (Lipinski definition) is 1. The first-order valence-corrected chi connectivity index (χ1v) is 8.88. The zero-order valence-corrected chi connectivity index (χ0v) is 15.6. The normalized spacial score (nSPS) is 11.9. The zero-order valence-electron chi connectivity index (χ0n) is 13.3. The second kappa shape index (κ2) is 8.20. The lowest BCUT2D eigenvalue weighted by Crippen LogP contribution is -2.16. The topological polar surface area (TPSA) is 55.7 Å². The summed E-state index contributed by atoms with van der Waals surface area (Å²) in [5.74, 6) is -0.303. The highest BCUT2D eigenvalue weighted by Crippen LogP contribution is 2.31. The third kappa shape index (κ3) is 5.38. The molecular weight excluding hydrogens is 426 g/mol. The number of fused-ring (bicyclic) bond motifs is 1. The van der Waals surface area contributed by atoms with Gasteiger partial charge >= 0.3 is 6.36 Å². The molecule has 0 aliphatic heterocycles. The van der Waals surface area contributed by atoms with Crippen LogP contribution in [0.5, 0.6) is 5.75 Å². The highest BCUT2D eigenvalue weighted by molar-refractivity contribution is 7.22. The third-order valence-electron chi connectivity index (χ3n) is 3.14. The van der Waals surface area contributed by atoms with Crippen LogP contribution in [0.2, 0.25) is 10.0 Å². The van der Waals surface area contributed by atoms with Crippen LogP contribution >= 0.6 is 34.5 Å². The largest absolute Gasteiger partial charge is 0.573 e. The molecule has 1 aromatic heterocycles. The second-order valence-electron chi connectivity index (χ2n) is 5.02. The van der Waals surface area contributed by atoms with Gasteiger partial charge in [-0.3, -0.25) is 0 Å². The molecule has 0 saturated carbocycles. The van der Waals surface area contributed by atoms with Crippen LogP contribution in [0, 0.1) is 0 Å². The molecule has 1 N–H and O–H groups in total. The lowest BCUT2D eigenvalue weighted by atomic mass is 10.2. The molecule has 27 heavy (non-hydrogen) atoms.